The van der Waals surface area contributed by atoms with Crippen LogP contribution in [0.1, 0.15) is 32.4 Å². The van der Waals surface area contributed by atoms with E-state index in [1.165, 1.54) is 0 Å². The second-order valence-corrected chi connectivity index (χ2v) is 5.20. The van der Waals surface area contributed by atoms with Crippen LogP contribution in [-0.2, 0) is 11.3 Å². The molecule has 0 aliphatic heterocycles. The number of hydrogen-bond donors (Lipinski definition) is 1. The van der Waals surface area contributed by atoms with Gasteiger partial charge >= 0.3 is 0 Å². The third-order valence-electron chi connectivity index (χ3n) is 2.91. The second-order valence-electron chi connectivity index (χ2n) is 5.20. The zero-order valence-electron chi connectivity index (χ0n) is 11.9. The summed E-state index contributed by atoms with van der Waals surface area (Å²) in [6.45, 7) is 4.81. The number of anilines is 1. The number of rotatable bonds is 6. The molecule has 0 radical (unpaired) electrons. The molecular formula is C15H20N4O. The predicted molar refractivity (Wildman–Crippen MR) is 78.3 cm³/mol. The first-order chi connectivity index (χ1) is 9.63. The average Bonchev–Trinajstić information content (AvgIpc) is 2.85. The van der Waals surface area contributed by atoms with E-state index in [9.17, 15) is 4.79 Å². The molecule has 0 saturated carbocycles. The molecule has 0 aliphatic rings. The van der Waals surface area contributed by atoms with Gasteiger partial charge in [0.25, 0.3) is 0 Å². The normalized spacial score (nSPS) is 10.8. The van der Waals surface area contributed by atoms with Gasteiger partial charge in [-0.3, -0.25) is 14.5 Å². The van der Waals surface area contributed by atoms with Gasteiger partial charge in [0.1, 0.15) is 0 Å². The van der Waals surface area contributed by atoms with Crippen molar-refractivity contribution in [3.8, 4) is 0 Å². The average molecular weight is 272 g/mol. The third kappa shape index (κ3) is 4.50. The summed E-state index contributed by atoms with van der Waals surface area (Å²) in [5.41, 5.74) is 0.938. The van der Waals surface area contributed by atoms with Gasteiger partial charge in [-0.15, -0.1) is 0 Å². The highest BCUT2D eigenvalue weighted by atomic mass is 16.1. The molecule has 20 heavy (non-hydrogen) atoms. The minimum atomic E-state index is 0.0155. The summed E-state index contributed by atoms with van der Waals surface area (Å²) in [5, 5.41) is 7.13. The molecule has 0 saturated heterocycles. The van der Waals surface area contributed by atoms with Crippen molar-refractivity contribution in [1.29, 1.82) is 0 Å². The summed E-state index contributed by atoms with van der Waals surface area (Å²) in [4.78, 5) is 16.0. The van der Waals surface area contributed by atoms with Crippen molar-refractivity contribution in [3.05, 3.63) is 42.4 Å². The van der Waals surface area contributed by atoms with E-state index in [0.29, 0.717) is 24.7 Å². The van der Waals surface area contributed by atoms with E-state index in [2.05, 4.69) is 29.2 Å². The Morgan fingerprint density at radius 2 is 2.20 bits per heavy atom. The maximum atomic E-state index is 11.7. The van der Waals surface area contributed by atoms with E-state index in [-0.39, 0.29) is 5.91 Å². The molecule has 106 valence electrons. The molecule has 0 bridgehead atoms. The summed E-state index contributed by atoms with van der Waals surface area (Å²) in [6.07, 6.45) is 5.02. The fourth-order valence-corrected chi connectivity index (χ4v) is 1.80. The highest BCUT2D eigenvalue weighted by Crippen LogP contribution is 2.08. The SMILES string of the molecule is CC(C)CCC(=O)Nc1ccn(Cc2ccccn2)n1. The van der Waals surface area contributed by atoms with Gasteiger partial charge < -0.3 is 5.32 Å². The first-order valence-corrected chi connectivity index (χ1v) is 6.86. The van der Waals surface area contributed by atoms with Gasteiger partial charge in [-0.1, -0.05) is 19.9 Å². The molecule has 5 heteroatoms. The number of carbonyl (C=O) groups is 1. The Kier molecular flexibility index (Phi) is 4.87. The molecule has 0 aliphatic carbocycles. The van der Waals surface area contributed by atoms with Crippen LogP contribution in [0.4, 0.5) is 5.82 Å². The minimum absolute atomic E-state index is 0.0155. The van der Waals surface area contributed by atoms with Crippen LogP contribution in [0.15, 0.2) is 36.7 Å². The van der Waals surface area contributed by atoms with E-state index < -0.39 is 0 Å². The van der Waals surface area contributed by atoms with Gasteiger partial charge in [-0.2, -0.15) is 5.10 Å². The van der Waals surface area contributed by atoms with Crippen molar-refractivity contribution in [3.63, 3.8) is 0 Å². The third-order valence-corrected chi connectivity index (χ3v) is 2.91. The van der Waals surface area contributed by atoms with Crippen LogP contribution in [-0.4, -0.2) is 20.7 Å². The maximum Gasteiger partial charge on any atom is 0.225 e. The van der Waals surface area contributed by atoms with Crippen LogP contribution in [0.2, 0.25) is 0 Å². The minimum Gasteiger partial charge on any atom is -0.309 e. The zero-order valence-corrected chi connectivity index (χ0v) is 11.9. The van der Waals surface area contributed by atoms with Crippen molar-refractivity contribution < 1.29 is 4.79 Å². The lowest BCUT2D eigenvalue weighted by molar-refractivity contribution is -0.116. The molecule has 0 atom stereocenters. The molecule has 1 amide bonds. The molecule has 5 nitrogen and oxygen atoms in total. The predicted octanol–water partition coefficient (Wildman–Crippen LogP) is 2.70. The summed E-state index contributed by atoms with van der Waals surface area (Å²) in [7, 11) is 0. The summed E-state index contributed by atoms with van der Waals surface area (Å²) < 4.78 is 1.76. The number of nitrogens with zero attached hydrogens (tertiary/aromatic N) is 3. The first kappa shape index (κ1) is 14.2. The highest BCUT2D eigenvalue weighted by Gasteiger charge is 2.06. The lowest BCUT2D eigenvalue weighted by Crippen LogP contribution is -2.13. The van der Waals surface area contributed by atoms with Crippen molar-refractivity contribution >= 4 is 11.7 Å². The van der Waals surface area contributed by atoms with E-state index >= 15 is 0 Å². The maximum absolute atomic E-state index is 11.7. The quantitative estimate of drug-likeness (QED) is 0.879. The highest BCUT2D eigenvalue weighted by molar-refractivity contribution is 5.89. The number of pyridine rings is 1. The Morgan fingerprint density at radius 1 is 1.35 bits per heavy atom. The van der Waals surface area contributed by atoms with Gasteiger partial charge in [0, 0.05) is 24.9 Å². The van der Waals surface area contributed by atoms with Gasteiger partial charge in [0.05, 0.1) is 12.2 Å². The molecule has 2 aromatic heterocycles. The van der Waals surface area contributed by atoms with Crippen LogP contribution in [0.25, 0.3) is 0 Å². The van der Waals surface area contributed by atoms with Gasteiger partial charge in [0.15, 0.2) is 5.82 Å². The van der Waals surface area contributed by atoms with Crippen molar-refractivity contribution in [2.75, 3.05) is 5.32 Å². The molecule has 0 spiro atoms. The van der Waals surface area contributed by atoms with Crippen LogP contribution < -0.4 is 5.32 Å². The van der Waals surface area contributed by atoms with E-state index in [1.807, 2.05) is 24.4 Å². The Labute approximate surface area is 119 Å². The van der Waals surface area contributed by atoms with E-state index in [1.54, 1.807) is 16.9 Å². The molecule has 0 unspecified atom stereocenters. The van der Waals surface area contributed by atoms with Crippen LogP contribution in [0.3, 0.4) is 0 Å². The first-order valence-electron chi connectivity index (χ1n) is 6.86. The fraction of sp³-hybridized carbons (Fsp3) is 0.400. The van der Waals surface area contributed by atoms with Crippen molar-refractivity contribution in [2.45, 2.75) is 33.2 Å². The lowest BCUT2D eigenvalue weighted by Gasteiger charge is -2.04. The standard InChI is InChI=1S/C15H20N4O/c1-12(2)6-7-15(20)17-14-8-10-19(18-14)11-13-5-3-4-9-16-13/h3-5,8-10,12H,6-7,11H2,1-2H3,(H,17,18,20). The Morgan fingerprint density at radius 3 is 2.90 bits per heavy atom. The van der Waals surface area contributed by atoms with Gasteiger partial charge in [-0.05, 0) is 24.5 Å². The summed E-state index contributed by atoms with van der Waals surface area (Å²) in [6, 6.07) is 7.58. The van der Waals surface area contributed by atoms with E-state index in [4.69, 9.17) is 0 Å². The summed E-state index contributed by atoms with van der Waals surface area (Å²) in [5.74, 6) is 1.14. The van der Waals surface area contributed by atoms with Crippen LogP contribution >= 0.6 is 0 Å². The van der Waals surface area contributed by atoms with Gasteiger partial charge in [-0.25, -0.2) is 0 Å². The van der Waals surface area contributed by atoms with Crippen LogP contribution in [0, 0.1) is 5.92 Å². The van der Waals surface area contributed by atoms with E-state index in [0.717, 1.165) is 12.1 Å². The molecule has 2 rings (SSSR count). The smallest absolute Gasteiger partial charge is 0.225 e. The Hall–Kier alpha value is -2.17. The monoisotopic (exact) mass is 272 g/mol. The Balaban J connectivity index is 1.87. The van der Waals surface area contributed by atoms with Crippen LogP contribution in [0.5, 0.6) is 0 Å². The van der Waals surface area contributed by atoms with Gasteiger partial charge in [0.2, 0.25) is 5.91 Å². The number of aromatic nitrogens is 3. The molecule has 0 aromatic carbocycles. The zero-order chi connectivity index (χ0) is 14.4. The number of carbonyl (C=O) groups excluding carboxylic acids is 1. The fourth-order valence-electron chi connectivity index (χ4n) is 1.80. The molecule has 2 heterocycles. The lowest BCUT2D eigenvalue weighted by atomic mass is 10.1. The molecule has 1 N–H and O–H groups in total. The molecule has 2 aromatic rings. The number of nitrogens with one attached hydrogen (secondary N) is 1. The number of hydrogen-bond acceptors (Lipinski definition) is 3. The second kappa shape index (κ2) is 6.84. The van der Waals surface area contributed by atoms with Crippen molar-refractivity contribution in [1.82, 2.24) is 14.8 Å². The molecule has 0 fully saturated rings. The molecular weight excluding hydrogens is 252 g/mol. The van der Waals surface area contributed by atoms with Crippen molar-refractivity contribution in [2.24, 2.45) is 5.92 Å². The summed E-state index contributed by atoms with van der Waals surface area (Å²) >= 11 is 0. The number of amides is 1. The Bertz CT molecular complexity index is 548. The largest absolute Gasteiger partial charge is 0.309 e. The topological polar surface area (TPSA) is 59.8 Å².